The fraction of sp³-hybridized carbons (Fsp3) is 1.00. The number of nitrogens with one attached hydrogen (secondary N) is 1. The zero-order chi connectivity index (χ0) is 10.1. The molecule has 1 rings (SSSR count). The van der Waals surface area contributed by atoms with E-state index in [1.807, 2.05) is 0 Å². The van der Waals surface area contributed by atoms with E-state index in [1.165, 1.54) is 19.3 Å². The van der Waals surface area contributed by atoms with E-state index in [0.717, 1.165) is 12.0 Å². The zero-order valence-electron chi connectivity index (χ0n) is 9.72. The van der Waals surface area contributed by atoms with E-state index < -0.39 is 0 Å². The third kappa shape index (κ3) is 2.05. The van der Waals surface area contributed by atoms with Gasteiger partial charge >= 0.3 is 0 Å². The summed E-state index contributed by atoms with van der Waals surface area (Å²) in [6.45, 7) is 4.73. The standard InChI is InChI=1S/C11H24N2/c1-9-10(13(4)5)7-6-8-11(9,2)12-3/h9-10,12H,6-8H2,1-5H3. The molecular formula is C11H24N2. The molecule has 2 nitrogen and oxygen atoms in total. The molecule has 1 saturated carbocycles. The van der Waals surface area contributed by atoms with Crippen molar-refractivity contribution in [1.29, 1.82) is 0 Å². The largest absolute Gasteiger partial charge is 0.314 e. The molecule has 2 heteroatoms. The van der Waals surface area contributed by atoms with E-state index in [4.69, 9.17) is 0 Å². The third-order valence-electron chi connectivity index (χ3n) is 4.01. The average Bonchev–Trinajstić information content (AvgIpc) is 2.09. The highest BCUT2D eigenvalue weighted by molar-refractivity contribution is 4.97. The Kier molecular flexibility index (Phi) is 3.36. The van der Waals surface area contributed by atoms with Crippen LogP contribution in [0.15, 0.2) is 0 Å². The highest BCUT2D eigenvalue weighted by Gasteiger charge is 2.38. The summed E-state index contributed by atoms with van der Waals surface area (Å²) in [4.78, 5) is 2.37. The minimum Gasteiger partial charge on any atom is -0.314 e. The summed E-state index contributed by atoms with van der Waals surface area (Å²) >= 11 is 0. The molecule has 1 aliphatic carbocycles. The minimum atomic E-state index is 0.340. The van der Waals surface area contributed by atoms with Crippen molar-refractivity contribution in [1.82, 2.24) is 10.2 Å². The van der Waals surface area contributed by atoms with Crippen molar-refractivity contribution in [3.8, 4) is 0 Å². The molecule has 3 atom stereocenters. The Bertz CT molecular complexity index is 167. The van der Waals surface area contributed by atoms with E-state index in [0.29, 0.717) is 5.54 Å². The van der Waals surface area contributed by atoms with Gasteiger partial charge in [0.15, 0.2) is 0 Å². The SMILES string of the molecule is CNC1(C)CCCC(N(C)C)C1C. The van der Waals surface area contributed by atoms with Gasteiger partial charge in [0.2, 0.25) is 0 Å². The van der Waals surface area contributed by atoms with Gasteiger partial charge in [-0.3, -0.25) is 0 Å². The fourth-order valence-electron chi connectivity index (χ4n) is 2.64. The molecule has 0 aliphatic heterocycles. The van der Waals surface area contributed by atoms with E-state index in [9.17, 15) is 0 Å². The van der Waals surface area contributed by atoms with Gasteiger partial charge in [0.05, 0.1) is 0 Å². The first-order valence-corrected chi connectivity index (χ1v) is 5.36. The zero-order valence-corrected chi connectivity index (χ0v) is 9.72. The molecule has 0 bridgehead atoms. The lowest BCUT2D eigenvalue weighted by Gasteiger charge is -2.46. The first kappa shape index (κ1) is 11.0. The fourth-order valence-corrected chi connectivity index (χ4v) is 2.64. The second-order valence-electron chi connectivity index (χ2n) is 4.88. The number of rotatable bonds is 2. The van der Waals surface area contributed by atoms with Crippen LogP contribution in [0.25, 0.3) is 0 Å². The summed E-state index contributed by atoms with van der Waals surface area (Å²) in [7, 11) is 6.49. The Morgan fingerprint density at radius 3 is 2.46 bits per heavy atom. The van der Waals surface area contributed by atoms with Crippen LogP contribution in [0.5, 0.6) is 0 Å². The van der Waals surface area contributed by atoms with Crippen molar-refractivity contribution in [3.05, 3.63) is 0 Å². The minimum absolute atomic E-state index is 0.340. The maximum atomic E-state index is 3.49. The summed E-state index contributed by atoms with van der Waals surface area (Å²) in [5, 5.41) is 3.49. The molecule has 0 aromatic heterocycles. The van der Waals surface area contributed by atoms with Crippen LogP contribution >= 0.6 is 0 Å². The molecular weight excluding hydrogens is 160 g/mol. The normalized spacial score (nSPS) is 41.1. The Balaban J connectivity index is 2.71. The topological polar surface area (TPSA) is 15.3 Å². The van der Waals surface area contributed by atoms with Gasteiger partial charge < -0.3 is 10.2 Å². The lowest BCUT2D eigenvalue weighted by atomic mass is 9.71. The molecule has 0 heterocycles. The third-order valence-corrected chi connectivity index (χ3v) is 4.01. The number of hydrogen-bond donors (Lipinski definition) is 1. The molecule has 1 fully saturated rings. The van der Waals surface area contributed by atoms with Crippen LogP contribution in [0.2, 0.25) is 0 Å². The van der Waals surface area contributed by atoms with E-state index in [2.05, 4.69) is 45.2 Å². The molecule has 1 N–H and O–H groups in total. The molecule has 0 saturated heterocycles. The first-order valence-electron chi connectivity index (χ1n) is 5.36. The summed E-state index contributed by atoms with van der Waals surface area (Å²) in [6.07, 6.45) is 4.02. The van der Waals surface area contributed by atoms with Crippen LogP contribution in [-0.2, 0) is 0 Å². The molecule has 0 aromatic carbocycles. The van der Waals surface area contributed by atoms with Crippen LogP contribution in [0.3, 0.4) is 0 Å². The predicted octanol–water partition coefficient (Wildman–Crippen LogP) is 1.71. The van der Waals surface area contributed by atoms with Gasteiger partial charge in [0, 0.05) is 11.6 Å². The Morgan fingerprint density at radius 1 is 1.38 bits per heavy atom. The van der Waals surface area contributed by atoms with Gasteiger partial charge in [-0.15, -0.1) is 0 Å². The second kappa shape index (κ2) is 3.97. The van der Waals surface area contributed by atoms with Gasteiger partial charge in [-0.25, -0.2) is 0 Å². The number of nitrogens with zero attached hydrogens (tertiary/aromatic N) is 1. The predicted molar refractivity (Wildman–Crippen MR) is 58.0 cm³/mol. The summed E-state index contributed by atoms with van der Waals surface area (Å²) in [6, 6.07) is 0.742. The lowest BCUT2D eigenvalue weighted by molar-refractivity contribution is 0.0822. The second-order valence-corrected chi connectivity index (χ2v) is 4.88. The first-order chi connectivity index (χ1) is 6.01. The summed E-state index contributed by atoms with van der Waals surface area (Å²) in [5.41, 5.74) is 0.340. The van der Waals surface area contributed by atoms with Crippen molar-refractivity contribution in [2.45, 2.75) is 44.7 Å². The molecule has 0 spiro atoms. The molecule has 13 heavy (non-hydrogen) atoms. The maximum absolute atomic E-state index is 3.49. The van der Waals surface area contributed by atoms with Gasteiger partial charge in [0.25, 0.3) is 0 Å². The average molecular weight is 184 g/mol. The highest BCUT2D eigenvalue weighted by Crippen LogP contribution is 2.34. The van der Waals surface area contributed by atoms with Gasteiger partial charge in [-0.2, -0.15) is 0 Å². The van der Waals surface area contributed by atoms with Crippen molar-refractivity contribution in [3.63, 3.8) is 0 Å². The molecule has 1 aliphatic rings. The van der Waals surface area contributed by atoms with Crippen molar-refractivity contribution >= 4 is 0 Å². The van der Waals surface area contributed by atoms with E-state index >= 15 is 0 Å². The molecule has 78 valence electrons. The van der Waals surface area contributed by atoms with E-state index in [1.54, 1.807) is 0 Å². The lowest BCUT2D eigenvalue weighted by Crippen LogP contribution is -2.55. The molecule has 3 unspecified atom stereocenters. The van der Waals surface area contributed by atoms with E-state index in [-0.39, 0.29) is 0 Å². The van der Waals surface area contributed by atoms with Crippen LogP contribution < -0.4 is 5.32 Å². The summed E-state index contributed by atoms with van der Waals surface area (Å²) < 4.78 is 0. The monoisotopic (exact) mass is 184 g/mol. The highest BCUT2D eigenvalue weighted by atomic mass is 15.1. The van der Waals surface area contributed by atoms with Gasteiger partial charge in [-0.1, -0.05) is 13.3 Å². The maximum Gasteiger partial charge on any atom is 0.0190 e. The molecule has 0 aromatic rings. The molecule has 0 amide bonds. The Hall–Kier alpha value is -0.0800. The van der Waals surface area contributed by atoms with Crippen molar-refractivity contribution in [2.24, 2.45) is 5.92 Å². The van der Waals surface area contributed by atoms with Crippen LogP contribution in [0.1, 0.15) is 33.1 Å². The van der Waals surface area contributed by atoms with Gasteiger partial charge in [0.1, 0.15) is 0 Å². The quantitative estimate of drug-likeness (QED) is 0.703. The smallest absolute Gasteiger partial charge is 0.0190 e. The van der Waals surface area contributed by atoms with Crippen LogP contribution in [-0.4, -0.2) is 37.6 Å². The Morgan fingerprint density at radius 2 is 2.00 bits per heavy atom. The van der Waals surface area contributed by atoms with Gasteiger partial charge in [-0.05, 0) is 46.8 Å². The Labute approximate surface area is 82.7 Å². The number of hydrogen-bond acceptors (Lipinski definition) is 2. The molecule has 0 radical (unpaired) electrons. The summed E-state index contributed by atoms with van der Waals surface area (Å²) in [5.74, 6) is 0.737. The van der Waals surface area contributed by atoms with Crippen molar-refractivity contribution < 1.29 is 0 Å². The van der Waals surface area contributed by atoms with Crippen LogP contribution in [0.4, 0.5) is 0 Å². The van der Waals surface area contributed by atoms with Crippen molar-refractivity contribution in [2.75, 3.05) is 21.1 Å². The van der Waals surface area contributed by atoms with Crippen LogP contribution in [0, 0.1) is 5.92 Å².